The number of likely N-dealkylation sites (N-methyl/N-ethyl adjacent to an activating group) is 1. The number of hydrogen-bond donors (Lipinski definition) is 1. The highest BCUT2D eigenvalue weighted by molar-refractivity contribution is 5.94. The van der Waals surface area contributed by atoms with Crippen LogP contribution < -0.4 is 10.6 Å². The van der Waals surface area contributed by atoms with Crippen LogP contribution in [0.3, 0.4) is 0 Å². The van der Waals surface area contributed by atoms with Crippen molar-refractivity contribution in [3.63, 3.8) is 0 Å². The second-order valence-corrected chi connectivity index (χ2v) is 6.51. The maximum atomic E-state index is 12.6. The lowest BCUT2D eigenvalue weighted by molar-refractivity contribution is -0.122. The molecule has 0 spiro atoms. The molecule has 1 saturated heterocycles. The number of rotatable bonds is 6. The second kappa shape index (κ2) is 7.99. The summed E-state index contributed by atoms with van der Waals surface area (Å²) in [5.74, 6) is -0.309. The Labute approximate surface area is 144 Å². The summed E-state index contributed by atoms with van der Waals surface area (Å²) in [6.07, 6.45) is 1.81. The molecule has 0 radical (unpaired) electrons. The molecule has 1 fully saturated rings. The van der Waals surface area contributed by atoms with Crippen LogP contribution in [-0.4, -0.2) is 42.9 Å². The van der Waals surface area contributed by atoms with E-state index >= 15 is 0 Å². The number of hydrogen-bond acceptors (Lipinski definition) is 3. The van der Waals surface area contributed by atoms with E-state index in [4.69, 9.17) is 5.73 Å². The van der Waals surface area contributed by atoms with Crippen LogP contribution in [0.5, 0.6) is 0 Å². The quantitative estimate of drug-likeness (QED) is 0.815. The first-order valence-electron chi connectivity index (χ1n) is 8.50. The van der Waals surface area contributed by atoms with Gasteiger partial charge < -0.3 is 15.5 Å². The Balaban J connectivity index is 2.08. The molecule has 0 unspecified atom stereocenters. The van der Waals surface area contributed by atoms with Crippen molar-refractivity contribution in [2.75, 3.05) is 31.1 Å². The summed E-state index contributed by atoms with van der Waals surface area (Å²) in [5.41, 5.74) is 8.10. The van der Waals surface area contributed by atoms with Gasteiger partial charge in [-0.2, -0.15) is 0 Å². The summed E-state index contributed by atoms with van der Waals surface area (Å²) in [4.78, 5) is 27.9. The maximum absolute atomic E-state index is 12.6. The molecule has 2 N–H and O–H groups in total. The fraction of sp³-hybridized carbons (Fsp3) is 0.474. The van der Waals surface area contributed by atoms with E-state index in [1.807, 2.05) is 38.1 Å². The summed E-state index contributed by atoms with van der Waals surface area (Å²) in [6.45, 7) is 10.6. The van der Waals surface area contributed by atoms with Gasteiger partial charge in [-0.15, -0.1) is 0 Å². The Kier molecular flexibility index (Phi) is 6.01. The molecule has 1 aliphatic heterocycles. The predicted molar refractivity (Wildman–Crippen MR) is 97.0 cm³/mol. The predicted octanol–water partition coefficient (Wildman–Crippen LogP) is 2.43. The van der Waals surface area contributed by atoms with Crippen LogP contribution in [0.25, 0.3) is 0 Å². The Bertz CT molecular complexity index is 610. The van der Waals surface area contributed by atoms with Crippen LogP contribution in [-0.2, 0) is 4.79 Å². The molecule has 0 saturated carbocycles. The summed E-state index contributed by atoms with van der Waals surface area (Å²) in [7, 11) is 0. The van der Waals surface area contributed by atoms with Gasteiger partial charge in [0.25, 0.3) is 5.91 Å². The SMILES string of the molecule is C=C(C)CN(CC)C(=O)c1ccc(N2CCC[C@@H](C(N)=O)C2)cc1. The minimum atomic E-state index is -0.232. The summed E-state index contributed by atoms with van der Waals surface area (Å²) in [5, 5.41) is 0. The van der Waals surface area contributed by atoms with Crippen LogP contribution in [0.4, 0.5) is 5.69 Å². The average molecular weight is 329 g/mol. The van der Waals surface area contributed by atoms with Crippen LogP contribution in [0.15, 0.2) is 36.4 Å². The molecule has 1 heterocycles. The topological polar surface area (TPSA) is 66.6 Å². The van der Waals surface area contributed by atoms with E-state index in [0.29, 0.717) is 25.2 Å². The molecule has 1 aromatic carbocycles. The number of nitrogens with two attached hydrogens (primary N) is 1. The van der Waals surface area contributed by atoms with Crippen LogP contribution in [0.1, 0.15) is 37.0 Å². The zero-order chi connectivity index (χ0) is 17.7. The number of primary amides is 1. The van der Waals surface area contributed by atoms with Crippen molar-refractivity contribution in [2.24, 2.45) is 11.7 Å². The van der Waals surface area contributed by atoms with E-state index < -0.39 is 0 Å². The highest BCUT2D eigenvalue weighted by atomic mass is 16.2. The van der Waals surface area contributed by atoms with E-state index in [9.17, 15) is 9.59 Å². The molecule has 5 heteroatoms. The van der Waals surface area contributed by atoms with Crippen LogP contribution >= 0.6 is 0 Å². The van der Waals surface area contributed by atoms with Gasteiger partial charge in [0.15, 0.2) is 0 Å². The maximum Gasteiger partial charge on any atom is 0.254 e. The van der Waals surface area contributed by atoms with Crippen molar-refractivity contribution < 1.29 is 9.59 Å². The number of nitrogens with zero attached hydrogens (tertiary/aromatic N) is 2. The van der Waals surface area contributed by atoms with Crippen molar-refractivity contribution >= 4 is 17.5 Å². The molecule has 0 aliphatic carbocycles. The minimum absolute atomic E-state index is 0.0145. The van der Waals surface area contributed by atoms with Gasteiger partial charge in [-0.1, -0.05) is 12.2 Å². The highest BCUT2D eigenvalue weighted by Gasteiger charge is 2.24. The molecule has 5 nitrogen and oxygen atoms in total. The van der Waals surface area contributed by atoms with Crippen LogP contribution in [0.2, 0.25) is 0 Å². The Morgan fingerprint density at radius 2 is 2.00 bits per heavy atom. The summed E-state index contributed by atoms with van der Waals surface area (Å²) in [6, 6.07) is 7.61. The molecule has 2 rings (SSSR count). The molecular weight excluding hydrogens is 302 g/mol. The number of anilines is 1. The highest BCUT2D eigenvalue weighted by Crippen LogP contribution is 2.23. The lowest BCUT2D eigenvalue weighted by Gasteiger charge is -2.33. The molecule has 2 amide bonds. The van der Waals surface area contributed by atoms with Crippen LogP contribution in [0, 0.1) is 5.92 Å². The average Bonchev–Trinajstić information content (AvgIpc) is 2.59. The van der Waals surface area contributed by atoms with Crippen molar-refractivity contribution in [3.8, 4) is 0 Å². The smallest absolute Gasteiger partial charge is 0.254 e. The van der Waals surface area contributed by atoms with E-state index in [-0.39, 0.29) is 17.7 Å². The Morgan fingerprint density at radius 3 is 2.54 bits per heavy atom. The Hall–Kier alpha value is -2.30. The van der Waals surface area contributed by atoms with Gasteiger partial charge in [0.1, 0.15) is 0 Å². The van der Waals surface area contributed by atoms with E-state index in [0.717, 1.165) is 30.6 Å². The van der Waals surface area contributed by atoms with E-state index in [2.05, 4.69) is 11.5 Å². The van der Waals surface area contributed by atoms with Gasteiger partial charge in [0.2, 0.25) is 5.91 Å². The molecule has 0 bridgehead atoms. The second-order valence-electron chi connectivity index (χ2n) is 6.51. The molecule has 24 heavy (non-hydrogen) atoms. The fourth-order valence-corrected chi connectivity index (χ4v) is 3.09. The van der Waals surface area contributed by atoms with E-state index in [1.54, 1.807) is 4.90 Å². The molecule has 0 aromatic heterocycles. The largest absolute Gasteiger partial charge is 0.371 e. The lowest BCUT2D eigenvalue weighted by Crippen LogP contribution is -2.41. The summed E-state index contributed by atoms with van der Waals surface area (Å²) < 4.78 is 0. The first-order chi connectivity index (χ1) is 11.4. The van der Waals surface area contributed by atoms with Gasteiger partial charge in [0, 0.05) is 37.4 Å². The van der Waals surface area contributed by atoms with Gasteiger partial charge >= 0.3 is 0 Å². The molecular formula is C19H27N3O2. The summed E-state index contributed by atoms with van der Waals surface area (Å²) >= 11 is 0. The van der Waals surface area contributed by atoms with Crippen molar-refractivity contribution in [2.45, 2.75) is 26.7 Å². The third-order valence-corrected chi connectivity index (χ3v) is 4.43. The van der Waals surface area contributed by atoms with Crippen molar-refractivity contribution in [1.82, 2.24) is 4.90 Å². The third-order valence-electron chi connectivity index (χ3n) is 4.43. The number of piperidine rings is 1. The molecule has 130 valence electrons. The number of benzene rings is 1. The lowest BCUT2D eigenvalue weighted by atomic mass is 9.97. The van der Waals surface area contributed by atoms with E-state index in [1.165, 1.54) is 0 Å². The number of carbonyl (C=O) groups is 2. The first-order valence-corrected chi connectivity index (χ1v) is 8.50. The monoisotopic (exact) mass is 329 g/mol. The molecule has 1 aliphatic rings. The van der Waals surface area contributed by atoms with Gasteiger partial charge in [-0.25, -0.2) is 0 Å². The standard InChI is InChI=1S/C19H27N3O2/c1-4-21(12-14(2)3)19(24)15-7-9-17(10-8-15)22-11-5-6-16(13-22)18(20)23/h7-10,16H,2,4-6,11-13H2,1,3H3,(H2,20,23)/t16-/m1/s1. The van der Waals surface area contributed by atoms with Crippen molar-refractivity contribution in [3.05, 3.63) is 42.0 Å². The number of amides is 2. The third kappa shape index (κ3) is 4.37. The molecule has 1 aromatic rings. The minimum Gasteiger partial charge on any atom is -0.371 e. The number of carbonyl (C=O) groups excluding carboxylic acids is 2. The van der Waals surface area contributed by atoms with Gasteiger partial charge in [0.05, 0.1) is 5.92 Å². The van der Waals surface area contributed by atoms with Gasteiger partial charge in [-0.05, 0) is 51.0 Å². The fourth-order valence-electron chi connectivity index (χ4n) is 3.09. The molecule has 1 atom stereocenters. The Morgan fingerprint density at radius 1 is 1.33 bits per heavy atom. The van der Waals surface area contributed by atoms with Gasteiger partial charge in [-0.3, -0.25) is 9.59 Å². The normalized spacial score (nSPS) is 17.4. The first kappa shape index (κ1) is 18.0. The zero-order valence-corrected chi connectivity index (χ0v) is 14.6. The van der Waals surface area contributed by atoms with Crippen molar-refractivity contribution in [1.29, 1.82) is 0 Å². The zero-order valence-electron chi connectivity index (χ0n) is 14.6.